The summed E-state index contributed by atoms with van der Waals surface area (Å²) >= 11 is 5.37. The molecule has 0 aromatic heterocycles. The van der Waals surface area contributed by atoms with Crippen molar-refractivity contribution >= 4 is 11.6 Å². The number of aliphatic hydroxyl groups excluding tert-OH is 1. The highest BCUT2D eigenvalue weighted by molar-refractivity contribution is 6.22. The van der Waals surface area contributed by atoms with Gasteiger partial charge in [0.1, 0.15) is 5.38 Å². The van der Waals surface area contributed by atoms with Crippen LogP contribution in [0.25, 0.3) is 0 Å². The minimum absolute atomic E-state index is 0.148. The van der Waals surface area contributed by atoms with Crippen LogP contribution in [0, 0.1) is 11.3 Å². The van der Waals surface area contributed by atoms with Gasteiger partial charge in [-0.1, -0.05) is 0 Å². The summed E-state index contributed by atoms with van der Waals surface area (Å²) in [6.07, 6.45) is -4.35. The Hall–Kier alpha value is -0.510. The van der Waals surface area contributed by atoms with Gasteiger partial charge in [-0.15, -0.1) is 11.6 Å². The topological polar surface area (TPSA) is 47.3 Å². The van der Waals surface area contributed by atoms with E-state index in [0.717, 1.165) is 4.90 Å². The Labute approximate surface area is 84.7 Å². The quantitative estimate of drug-likeness (QED) is 0.716. The molecule has 0 saturated carbocycles. The Balaban J connectivity index is 4.10. The predicted octanol–water partition coefficient (Wildman–Crippen LogP) is 0.974. The van der Waals surface area contributed by atoms with Crippen LogP contribution in [0.5, 0.6) is 0 Å². The maximum absolute atomic E-state index is 11.9. The molecule has 0 aromatic carbocycles. The summed E-state index contributed by atoms with van der Waals surface area (Å²) in [5.74, 6) is 0. The molecule has 0 amide bonds. The van der Waals surface area contributed by atoms with E-state index in [2.05, 4.69) is 0 Å². The molecular formula is C7H10ClF3N2O. The van der Waals surface area contributed by atoms with E-state index in [1.165, 1.54) is 0 Å². The SMILES string of the molecule is N#CC(Cl)CN(CCO)CC(F)(F)F. The molecule has 0 bridgehead atoms. The molecule has 14 heavy (non-hydrogen) atoms. The summed E-state index contributed by atoms with van der Waals surface area (Å²) in [5.41, 5.74) is 0. The molecule has 0 saturated heterocycles. The number of halogens is 4. The lowest BCUT2D eigenvalue weighted by Gasteiger charge is -2.22. The fourth-order valence-corrected chi connectivity index (χ4v) is 1.09. The van der Waals surface area contributed by atoms with E-state index in [1.54, 1.807) is 6.07 Å². The van der Waals surface area contributed by atoms with Crippen molar-refractivity contribution in [3.63, 3.8) is 0 Å². The first-order valence-electron chi connectivity index (χ1n) is 3.82. The van der Waals surface area contributed by atoms with Gasteiger partial charge in [-0.2, -0.15) is 18.4 Å². The highest BCUT2D eigenvalue weighted by Gasteiger charge is 2.31. The Morgan fingerprint density at radius 2 is 2.07 bits per heavy atom. The van der Waals surface area contributed by atoms with Gasteiger partial charge in [0.2, 0.25) is 0 Å². The molecule has 0 aromatic rings. The van der Waals surface area contributed by atoms with Gasteiger partial charge in [-0.3, -0.25) is 4.90 Å². The fourth-order valence-electron chi connectivity index (χ4n) is 0.897. The summed E-state index contributed by atoms with van der Waals surface area (Å²) in [6, 6.07) is 1.61. The minimum Gasteiger partial charge on any atom is -0.395 e. The second kappa shape index (κ2) is 6.06. The van der Waals surface area contributed by atoms with Crippen molar-refractivity contribution in [3.05, 3.63) is 0 Å². The summed E-state index contributed by atoms with van der Waals surface area (Å²) in [4.78, 5) is 0.890. The second-order valence-corrected chi connectivity index (χ2v) is 3.20. The van der Waals surface area contributed by atoms with Crippen molar-refractivity contribution < 1.29 is 18.3 Å². The predicted molar refractivity (Wildman–Crippen MR) is 44.8 cm³/mol. The van der Waals surface area contributed by atoms with Crippen LogP contribution >= 0.6 is 11.6 Å². The van der Waals surface area contributed by atoms with E-state index in [9.17, 15) is 13.2 Å². The number of aliphatic hydroxyl groups is 1. The average Bonchev–Trinajstić information content (AvgIpc) is 2.01. The van der Waals surface area contributed by atoms with E-state index >= 15 is 0 Å². The molecule has 0 heterocycles. The molecule has 0 spiro atoms. The van der Waals surface area contributed by atoms with Crippen LogP contribution in [0.4, 0.5) is 13.2 Å². The van der Waals surface area contributed by atoms with Crippen LogP contribution in [0.1, 0.15) is 0 Å². The van der Waals surface area contributed by atoms with Crippen LogP contribution < -0.4 is 0 Å². The molecular weight excluding hydrogens is 221 g/mol. The van der Waals surface area contributed by atoms with Crippen molar-refractivity contribution in [1.29, 1.82) is 5.26 Å². The molecule has 1 N–H and O–H groups in total. The van der Waals surface area contributed by atoms with Gasteiger partial charge in [-0.25, -0.2) is 0 Å². The standard InChI is InChI=1S/C7H10ClF3N2O/c8-6(3-12)4-13(1-2-14)5-7(9,10)11/h6,14H,1-2,4-5H2. The fraction of sp³-hybridized carbons (Fsp3) is 0.857. The molecule has 3 nitrogen and oxygen atoms in total. The van der Waals surface area contributed by atoms with Crippen LogP contribution in [0.3, 0.4) is 0 Å². The normalized spacial score (nSPS) is 14.1. The van der Waals surface area contributed by atoms with Crippen LogP contribution in [0.2, 0.25) is 0 Å². The third-order valence-electron chi connectivity index (χ3n) is 1.38. The number of nitrogens with zero attached hydrogens (tertiary/aromatic N) is 2. The first-order valence-corrected chi connectivity index (χ1v) is 4.26. The second-order valence-electron chi connectivity index (χ2n) is 2.67. The van der Waals surface area contributed by atoms with Gasteiger partial charge in [0.15, 0.2) is 0 Å². The third-order valence-corrected chi connectivity index (χ3v) is 1.61. The molecule has 0 radical (unpaired) electrons. The number of alkyl halides is 4. The zero-order valence-corrected chi connectivity index (χ0v) is 8.02. The third kappa shape index (κ3) is 6.95. The lowest BCUT2D eigenvalue weighted by molar-refractivity contribution is -0.146. The number of hydrogen-bond donors (Lipinski definition) is 1. The minimum atomic E-state index is -4.35. The number of nitriles is 1. The maximum atomic E-state index is 11.9. The summed E-state index contributed by atoms with van der Waals surface area (Å²) in [7, 11) is 0. The van der Waals surface area contributed by atoms with Crippen molar-refractivity contribution in [2.45, 2.75) is 11.6 Å². The van der Waals surface area contributed by atoms with E-state index in [4.69, 9.17) is 22.0 Å². The Bertz CT molecular complexity index is 204. The van der Waals surface area contributed by atoms with Gasteiger partial charge in [0.05, 0.1) is 19.2 Å². The Kier molecular flexibility index (Phi) is 5.84. The van der Waals surface area contributed by atoms with Gasteiger partial charge in [0, 0.05) is 13.1 Å². The van der Waals surface area contributed by atoms with E-state index in [1.807, 2.05) is 0 Å². The molecule has 0 aliphatic rings. The molecule has 1 unspecified atom stereocenters. The smallest absolute Gasteiger partial charge is 0.395 e. The van der Waals surface area contributed by atoms with Crippen LogP contribution in [-0.2, 0) is 0 Å². The molecule has 0 fully saturated rings. The number of rotatable bonds is 5. The zero-order valence-electron chi connectivity index (χ0n) is 7.26. The van der Waals surface area contributed by atoms with Gasteiger partial charge < -0.3 is 5.11 Å². The van der Waals surface area contributed by atoms with Crippen molar-refractivity contribution in [3.8, 4) is 6.07 Å². The zero-order chi connectivity index (χ0) is 11.2. The average molecular weight is 231 g/mol. The summed E-state index contributed by atoms with van der Waals surface area (Å²) in [5, 5.41) is 15.8. The largest absolute Gasteiger partial charge is 0.401 e. The van der Waals surface area contributed by atoms with Crippen molar-refractivity contribution in [2.75, 3.05) is 26.2 Å². The van der Waals surface area contributed by atoms with E-state index in [-0.39, 0.29) is 13.1 Å². The highest BCUT2D eigenvalue weighted by Crippen LogP contribution is 2.16. The molecule has 7 heteroatoms. The van der Waals surface area contributed by atoms with Crippen LogP contribution in [-0.4, -0.2) is 47.8 Å². The van der Waals surface area contributed by atoms with E-state index < -0.39 is 24.7 Å². The molecule has 0 aliphatic carbocycles. The summed E-state index contributed by atoms with van der Waals surface area (Å²) < 4.78 is 35.8. The molecule has 1 atom stereocenters. The summed E-state index contributed by atoms with van der Waals surface area (Å²) in [6.45, 7) is -1.92. The highest BCUT2D eigenvalue weighted by atomic mass is 35.5. The molecule has 82 valence electrons. The number of hydrogen-bond acceptors (Lipinski definition) is 3. The lowest BCUT2D eigenvalue weighted by atomic mass is 10.3. The first-order chi connectivity index (χ1) is 6.39. The monoisotopic (exact) mass is 230 g/mol. The first kappa shape index (κ1) is 13.5. The molecule has 0 aliphatic heterocycles. The van der Waals surface area contributed by atoms with Crippen LogP contribution in [0.15, 0.2) is 0 Å². The Morgan fingerprint density at radius 3 is 2.43 bits per heavy atom. The Morgan fingerprint density at radius 1 is 1.50 bits per heavy atom. The lowest BCUT2D eigenvalue weighted by Crippen LogP contribution is -2.39. The van der Waals surface area contributed by atoms with E-state index in [0.29, 0.717) is 0 Å². The maximum Gasteiger partial charge on any atom is 0.401 e. The molecule has 0 rings (SSSR count). The van der Waals surface area contributed by atoms with Gasteiger partial charge in [0.25, 0.3) is 0 Å². The van der Waals surface area contributed by atoms with Crippen molar-refractivity contribution in [1.82, 2.24) is 4.90 Å². The van der Waals surface area contributed by atoms with Gasteiger partial charge in [-0.05, 0) is 0 Å². The van der Waals surface area contributed by atoms with Gasteiger partial charge >= 0.3 is 6.18 Å². The van der Waals surface area contributed by atoms with Crippen molar-refractivity contribution in [2.24, 2.45) is 0 Å².